The molecule has 0 aliphatic heterocycles. The van der Waals surface area contributed by atoms with Gasteiger partial charge < -0.3 is 40.3 Å². The third-order valence-corrected chi connectivity index (χ3v) is 6.56. The third-order valence-electron chi connectivity index (χ3n) is 6.56. The summed E-state index contributed by atoms with van der Waals surface area (Å²) < 4.78 is 22.1. The molecule has 11 nitrogen and oxygen atoms in total. The number of aromatic amines is 1. The first kappa shape index (κ1) is 28.7. The molecule has 0 saturated heterocycles. The zero-order valence-electron chi connectivity index (χ0n) is 23.9. The maximum absolute atomic E-state index is 6.46. The summed E-state index contributed by atoms with van der Waals surface area (Å²) in [6.07, 6.45) is 3.31. The molecular weight excluding hydrogens is 534 g/mol. The van der Waals surface area contributed by atoms with Gasteiger partial charge in [0.1, 0.15) is 31.2 Å². The second kappa shape index (κ2) is 13.7. The van der Waals surface area contributed by atoms with Gasteiger partial charge in [0.05, 0.1) is 41.5 Å². The van der Waals surface area contributed by atoms with Gasteiger partial charge >= 0.3 is 0 Å². The molecule has 2 heterocycles. The maximum atomic E-state index is 6.46. The number of anilines is 2. The summed E-state index contributed by atoms with van der Waals surface area (Å²) in [5.74, 6) is 2.60. The number of para-hydroxylation sites is 2. The zero-order chi connectivity index (χ0) is 29.3. The Labute approximate surface area is 244 Å². The fourth-order valence-electron chi connectivity index (χ4n) is 4.33. The Kier molecular flexibility index (Phi) is 9.32. The molecule has 0 aliphatic rings. The van der Waals surface area contributed by atoms with Crippen LogP contribution in [0.3, 0.4) is 0 Å². The van der Waals surface area contributed by atoms with Gasteiger partial charge in [-0.15, -0.1) is 0 Å². The molecule has 1 atom stereocenters. The summed E-state index contributed by atoms with van der Waals surface area (Å²) in [7, 11) is 3.26. The molecule has 5 N–H and O–H groups in total. The third kappa shape index (κ3) is 6.88. The van der Waals surface area contributed by atoms with Crippen molar-refractivity contribution in [3.05, 3.63) is 84.6 Å². The van der Waals surface area contributed by atoms with Crippen molar-refractivity contribution in [1.82, 2.24) is 25.3 Å². The van der Waals surface area contributed by atoms with Crippen LogP contribution in [0.5, 0.6) is 11.5 Å². The minimum absolute atomic E-state index is 0.0617. The van der Waals surface area contributed by atoms with Crippen LogP contribution in [0.4, 0.5) is 11.5 Å². The first-order valence-corrected chi connectivity index (χ1v) is 13.6. The van der Waals surface area contributed by atoms with Crippen LogP contribution in [0.15, 0.2) is 73.2 Å². The first-order valence-electron chi connectivity index (χ1n) is 13.6. The van der Waals surface area contributed by atoms with Gasteiger partial charge in [-0.3, -0.25) is 0 Å². The Morgan fingerprint density at radius 3 is 2.43 bits per heavy atom. The number of ether oxygens (including phenoxy) is 4. The van der Waals surface area contributed by atoms with Crippen molar-refractivity contribution in [3.8, 4) is 11.5 Å². The molecule has 218 valence electrons. The summed E-state index contributed by atoms with van der Waals surface area (Å²) in [5.41, 5.74) is 11.3. The Hall–Kier alpha value is -4.87. The highest BCUT2D eigenvalue weighted by atomic mass is 16.5. The molecule has 42 heavy (non-hydrogen) atoms. The van der Waals surface area contributed by atoms with E-state index in [1.54, 1.807) is 20.4 Å². The van der Waals surface area contributed by atoms with E-state index in [0.717, 1.165) is 33.5 Å². The number of fused-ring (bicyclic) bond motifs is 2. The number of methoxy groups -OCH3 is 2. The molecule has 11 heteroatoms. The van der Waals surface area contributed by atoms with Gasteiger partial charge in [0, 0.05) is 43.1 Å². The summed E-state index contributed by atoms with van der Waals surface area (Å²) in [5, 5.41) is 7.52. The van der Waals surface area contributed by atoms with Gasteiger partial charge in [-0.2, -0.15) is 0 Å². The predicted molar refractivity (Wildman–Crippen MR) is 164 cm³/mol. The number of nitrogens with one attached hydrogen (secondary N) is 3. The van der Waals surface area contributed by atoms with Crippen molar-refractivity contribution in [2.24, 2.45) is 5.73 Å². The summed E-state index contributed by atoms with van der Waals surface area (Å²) in [6.45, 7) is 3.68. The molecule has 5 aromatic rings. The summed E-state index contributed by atoms with van der Waals surface area (Å²) >= 11 is 0. The van der Waals surface area contributed by atoms with Crippen molar-refractivity contribution >= 4 is 39.1 Å². The lowest BCUT2D eigenvalue weighted by Crippen LogP contribution is -2.15. The van der Waals surface area contributed by atoms with Crippen LogP contribution in [-0.2, 0) is 9.47 Å². The van der Waals surface area contributed by atoms with Gasteiger partial charge in [-0.1, -0.05) is 24.3 Å². The van der Waals surface area contributed by atoms with Crippen LogP contribution in [0.25, 0.3) is 27.6 Å². The van der Waals surface area contributed by atoms with Crippen LogP contribution in [0, 0.1) is 0 Å². The van der Waals surface area contributed by atoms with E-state index >= 15 is 0 Å². The first-order chi connectivity index (χ1) is 20.6. The highest BCUT2D eigenvalue weighted by Gasteiger charge is 2.14. The van der Waals surface area contributed by atoms with E-state index in [1.165, 1.54) is 6.33 Å². The number of benzene rings is 3. The van der Waals surface area contributed by atoms with E-state index in [-0.39, 0.29) is 6.04 Å². The molecule has 0 aliphatic carbocycles. The minimum atomic E-state index is -0.0617. The van der Waals surface area contributed by atoms with E-state index < -0.39 is 0 Å². The standard InChI is InChI=1S/C31H35N7O4/c1-20(30-37-25-9-4-5-10-26(25)38-30)33-18-24(32)21-7-6-8-22(15-21)36-31-23-16-28(41-13-11-39-2)29(42-14-12-40-3)17-27(23)34-19-35-31/h4-10,15-20,33H,11-14,32H2,1-3H3,(H,37,38)(H,34,35,36)/b24-18-. The lowest BCUT2D eigenvalue weighted by atomic mass is 10.1. The number of hydrogen-bond donors (Lipinski definition) is 4. The minimum Gasteiger partial charge on any atom is -0.487 e. The van der Waals surface area contributed by atoms with Gasteiger partial charge in [-0.05, 0) is 37.3 Å². The summed E-state index contributed by atoms with van der Waals surface area (Å²) in [4.78, 5) is 17.0. The molecule has 3 aromatic carbocycles. The number of imidazole rings is 1. The van der Waals surface area contributed by atoms with Gasteiger partial charge in [0.25, 0.3) is 0 Å². The molecule has 0 fully saturated rings. The van der Waals surface area contributed by atoms with Crippen LogP contribution in [0.1, 0.15) is 24.4 Å². The van der Waals surface area contributed by atoms with E-state index in [2.05, 4.69) is 30.6 Å². The van der Waals surface area contributed by atoms with Gasteiger partial charge in [0.15, 0.2) is 11.5 Å². The van der Waals surface area contributed by atoms with Crippen molar-refractivity contribution < 1.29 is 18.9 Å². The van der Waals surface area contributed by atoms with Crippen LogP contribution >= 0.6 is 0 Å². The molecule has 2 aromatic heterocycles. The largest absolute Gasteiger partial charge is 0.487 e. The van der Waals surface area contributed by atoms with Crippen LogP contribution < -0.4 is 25.8 Å². The Bertz CT molecular complexity index is 1640. The van der Waals surface area contributed by atoms with Crippen molar-refractivity contribution in [2.45, 2.75) is 13.0 Å². The Morgan fingerprint density at radius 1 is 0.905 bits per heavy atom. The average molecular weight is 570 g/mol. The molecular formula is C31H35N7O4. The van der Waals surface area contributed by atoms with E-state index in [0.29, 0.717) is 55.0 Å². The van der Waals surface area contributed by atoms with Crippen molar-refractivity contribution in [2.75, 3.05) is 46.0 Å². The number of nitrogens with zero attached hydrogens (tertiary/aromatic N) is 3. The molecule has 0 radical (unpaired) electrons. The monoisotopic (exact) mass is 569 g/mol. The molecule has 5 rings (SSSR count). The molecule has 0 spiro atoms. The number of hydrogen-bond acceptors (Lipinski definition) is 10. The number of nitrogens with two attached hydrogens (primary N) is 1. The molecule has 0 saturated carbocycles. The van der Waals surface area contributed by atoms with E-state index in [9.17, 15) is 0 Å². The normalized spacial score (nSPS) is 12.4. The van der Waals surface area contributed by atoms with Gasteiger partial charge in [0.2, 0.25) is 0 Å². The average Bonchev–Trinajstić information content (AvgIpc) is 3.45. The second-order valence-corrected chi connectivity index (χ2v) is 9.55. The molecule has 0 amide bonds. The highest BCUT2D eigenvalue weighted by Crippen LogP contribution is 2.35. The topological polar surface area (TPSA) is 141 Å². The SMILES string of the molecule is COCCOc1cc2ncnc(Nc3cccc(/C(N)=C/NC(C)c4nc5ccccc5[nH]4)c3)c2cc1OCCOC. The van der Waals surface area contributed by atoms with E-state index in [4.69, 9.17) is 24.7 Å². The second-order valence-electron chi connectivity index (χ2n) is 9.55. The lowest BCUT2D eigenvalue weighted by molar-refractivity contribution is 0.132. The number of aromatic nitrogens is 4. The predicted octanol–water partition coefficient (Wildman–Crippen LogP) is 4.91. The van der Waals surface area contributed by atoms with Crippen LogP contribution in [0.2, 0.25) is 0 Å². The lowest BCUT2D eigenvalue weighted by Gasteiger charge is -2.15. The molecule has 1 unspecified atom stereocenters. The smallest absolute Gasteiger partial charge is 0.163 e. The fraction of sp³-hybridized carbons (Fsp3) is 0.258. The van der Waals surface area contributed by atoms with Gasteiger partial charge in [-0.25, -0.2) is 15.0 Å². The maximum Gasteiger partial charge on any atom is 0.163 e. The quantitative estimate of drug-likeness (QED) is 0.136. The van der Waals surface area contributed by atoms with Crippen LogP contribution in [-0.4, -0.2) is 60.6 Å². The Balaban J connectivity index is 1.34. The molecule has 0 bridgehead atoms. The Morgan fingerprint density at radius 2 is 1.67 bits per heavy atom. The zero-order valence-corrected chi connectivity index (χ0v) is 23.9. The van der Waals surface area contributed by atoms with E-state index in [1.807, 2.05) is 67.6 Å². The summed E-state index contributed by atoms with van der Waals surface area (Å²) in [6, 6.07) is 19.4. The number of rotatable bonds is 14. The highest BCUT2D eigenvalue weighted by molar-refractivity contribution is 5.93. The van der Waals surface area contributed by atoms with Crippen molar-refractivity contribution in [3.63, 3.8) is 0 Å². The van der Waals surface area contributed by atoms with Crippen molar-refractivity contribution in [1.29, 1.82) is 0 Å². The fourth-order valence-corrected chi connectivity index (χ4v) is 4.33. The number of H-pyrrole nitrogens is 1.